The fraction of sp³-hybridized carbons (Fsp3) is 0.708. The van der Waals surface area contributed by atoms with Crippen molar-refractivity contribution in [3.8, 4) is 0 Å². The third kappa shape index (κ3) is 2.24. The van der Waals surface area contributed by atoms with Crippen LogP contribution in [0, 0.1) is 34.5 Å². The van der Waals surface area contributed by atoms with Crippen molar-refractivity contribution in [2.24, 2.45) is 34.5 Å². The number of aliphatic hydroxyl groups is 1. The van der Waals surface area contributed by atoms with Crippen LogP contribution in [0.3, 0.4) is 0 Å². The Bertz CT molecular complexity index is 712. The average molecular weight is 352 g/mol. The number of fused-ring (bicyclic) bond motifs is 5. The van der Waals surface area contributed by atoms with Crippen molar-refractivity contribution < 1.29 is 5.11 Å². The van der Waals surface area contributed by atoms with Gasteiger partial charge in [-0.15, -0.1) is 0 Å². The number of hydrogen-bond donors (Lipinski definition) is 1. The van der Waals surface area contributed by atoms with Crippen molar-refractivity contribution in [1.82, 2.24) is 4.98 Å². The van der Waals surface area contributed by atoms with Gasteiger partial charge in [-0.25, -0.2) is 0 Å². The van der Waals surface area contributed by atoms with Gasteiger partial charge in [0.2, 0.25) is 0 Å². The highest BCUT2D eigenvalue weighted by Gasteiger charge is 2.60. The first-order chi connectivity index (χ1) is 12.5. The molecule has 5 unspecified atom stereocenters. The highest BCUT2D eigenvalue weighted by molar-refractivity contribution is 5.72. The maximum absolute atomic E-state index is 11.1. The molecule has 2 heteroatoms. The van der Waals surface area contributed by atoms with Crippen LogP contribution in [0.1, 0.15) is 70.8 Å². The Balaban J connectivity index is 1.48. The molecule has 1 aromatic heterocycles. The minimum Gasteiger partial charge on any atom is -0.393 e. The van der Waals surface area contributed by atoms with Crippen molar-refractivity contribution in [3.63, 3.8) is 0 Å². The number of nitrogens with zero attached hydrogens (tertiary/aromatic N) is 1. The summed E-state index contributed by atoms with van der Waals surface area (Å²) in [5.41, 5.74) is 3.48. The van der Waals surface area contributed by atoms with Gasteiger partial charge in [0, 0.05) is 12.4 Å². The van der Waals surface area contributed by atoms with Gasteiger partial charge in [0.15, 0.2) is 0 Å². The molecule has 1 heterocycles. The first-order valence-corrected chi connectivity index (χ1v) is 10.8. The molecular formula is C24H33NO. The lowest BCUT2D eigenvalue weighted by Crippen LogP contribution is -2.56. The van der Waals surface area contributed by atoms with Crippen molar-refractivity contribution in [2.75, 3.05) is 0 Å². The summed E-state index contributed by atoms with van der Waals surface area (Å²) in [6.07, 6.45) is 16.5. The second kappa shape index (κ2) is 5.92. The average Bonchev–Trinajstić information content (AvgIpc) is 3.00. The molecule has 0 bridgehead atoms. The summed E-state index contributed by atoms with van der Waals surface area (Å²) in [4.78, 5) is 4.38. The molecule has 26 heavy (non-hydrogen) atoms. The van der Waals surface area contributed by atoms with Gasteiger partial charge in [-0.3, -0.25) is 4.98 Å². The smallest absolute Gasteiger partial charge is 0.0576 e. The van der Waals surface area contributed by atoms with Crippen LogP contribution in [0.25, 0.3) is 5.57 Å². The van der Waals surface area contributed by atoms with E-state index in [1.54, 1.807) is 0 Å². The Morgan fingerprint density at radius 2 is 1.96 bits per heavy atom. The Labute approximate surface area is 158 Å². The number of aliphatic hydroxyl groups excluding tert-OH is 1. The third-order valence-electron chi connectivity index (χ3n) is 9.14. The molecule has 2 nitrogen and oxygen atoms in total. The summed E-state index contributed by atoms with van der Waals surface area (Å²) in [6, 6.07) is 4.29. The van der Waals surface area contributed by atoms with Crippen molar-refractivity contribution in [3.05, 3.63) is 36.2 Å². The summed E-state index contributed by atoms with van der Waals surface area (Å²) >= 11 is 0. The van der Waals surface area contributed by atoms with Gasteiger partial charge in [0.25, 0.3) is 0 Å². The number of pyridine rings is 1. The van der Waals surface area contributed by atoms with Crippen LogP contribution in [0.15, 0.2) is 30.6 Å². The fourth-order valence-electron chi connectivity index (χ4n) is 7.89. The molecule has 1 aromatic rings. The van der Waals surface area contributed by atoms with E-state index >= 15 is 0 Å². The van der Waals surface area contributed by atoms with Crippen LogP contribution in [0.2, 0.25) is 0 Å². The van der Waals surface area contributed by atoms with Crippen LogP contribution in [-0.2, 0) is 0 Å². The van der Waals surface area contributed by atoms with Gasteiger partial charge >= 0.3 is 0 Å². The Kier molecular flexibility index (Phi) is 3.87. The third-order valence-corrected chi connectivity index (χ3v) is 9.14. The van der Waals surface area contributed by atoms with Crippen molar-refractivity contribution >= 4 is 5.57 Å². The molecule has 0 saturated heterocycles. The molecule has 3 saturated carbocycles. The molecule has 0 amide bonds. The molecule has 7 atom stereocenters. The standard InChI is InChI=1S/C24H33NO/c1-23-11-4-3-7-21(23)22(26)14-17-19-9-8-18(16-6-5-13-25-15-16)24(19,2)12-10-20(17)23/h5-6,8,13,15,17,19-22,26H,3-4,7,9-12,14H2,1-2H3/t17?,19?,20?,21?,22?,23-,24-/m1/s1. The normalized spacial score (nSPS) is 47.5. The number of hydrogen-bond acceptors (Lipinski definition) is 2. The first-order valence-electron chi connectivity index (χ1n) is 10.8. The zero-order chi connectivity index (χ0) is 17.9. The lowest BCUT2D eigenvalue weighted by Gasteiger charge is -2.61. The monoisotopic (exact) mass is 351 g/mol. The predicted molar refractivity (Wildman–Crippen MR) is 105 cm³/mol. The molecule has 5 rings (SSSR count). The van der Waals surface area contributed by atoms with E-state index < -0.39 is 0 Å². The largest absolute Gasteiger partial charge is 0.393 e. The lowest BCUT2D eigenvalue weighted by atomic mass is 9.44. The topological polar surface area (TPSA) is 33.1 Å². The fourth-order valence-corrected chi connectivity index (χ4v) is 7.89. The summed E-state index contributed by atoms with van der Waals surface area (Å²) in [7, 11) is 0. The number of allylic oxidation sites excluding steroid dienone is 2. The van der Waals surface area contributed by atoms with E-state index in [4.69, 9.17) is 0 Å². The van der Waals surface area contributed by atoms with Crippen molar-refractivity contribution in [1.29, 1.82) is 0 Å². The molecule has 4 aliphatic carbocycles. The Hall–Kier alpha value is -1.15. The van der Waals surface area contributed by atoms with Gasteiger partial charge in [-0.05, 0) is 90.2 Å². The molecule has 4 aliphatic rings. The van der Waals surface area contributed by atoms with Gasteiger partial charge in [-0.2, -0.15) is 0 Å². The van der Waals surface area contributed by atoms with Gasteiger partial charge in [-0.1, -0.05) is 38.8 Å². The van der Waals surface area contributed by atoms with Gasteiger partial charge < -0.3 is 5.11 Å². The minimum absolute atomic E-state index is 0.0775. The second-order valence-electron chi connectivity index (χ2n) is 10.1. The predicted octanol–water partition coefficient (Wildman–Crippen LogP) is 5.48. The molecule has 0 aromatic carbocycles. The van der Waals surface area contributed by atoms with Gasteiger partial charge in [0.1, 0.15) is 0 Å². The van der Waals surface area contributed by atoms with E-state index in [9.17, 15) is 5.11 Å². The molecule has 0 spiro atoms. The van der Waals surface area contributed by atoms with Crippen LogP contribution < -0.4 is 0 Å². The van der Waals surface area contributed by atoms with E-state index in [1.165, 1.54) is 56.1 Å². The molecule has 140 valence electrons. The number of rotatable bonds is 1. The van der Waals surface area contributed by atoms with Crippen LogP contribution in [-0.4, -0.2) is 16.2 Å². The van der Waals surface area contributed by atoms with Crippen LogP contribution in [0.5, 0.6) is 0 Å². The minimum atomic E-state index is -0.0775. The first kappa shape index (κ1) is 17.0. The Morgan fingerprint density at radius 1 is 1.08 bits per heavy atom. The number of aromatic nitrogens is 1. The maximum atomic E-state index is 11.1. The van der Waals surface area contributed by atoms with Crippen LogP contribution >= 0.6 is 0 Å². The summed E-state index contributed by atoms with van der Waals surface area (Å²) in [6.45, 7) is 5.03. The van der Waals surface area contributed by atoms with Crippen molar-refractivity contribution in [2.45, 2.75) is 71.3 Å². The highest BCUT2D eigenvalue weighted by atomic mass is 16.3. The summed E-state index contributed by atoms with van der Waals surface area (Å²) in [5.74, 6) is 2.75. The molecule has 1 N–H and O–H groups in total. The van der Waals surface area contributed by atoms with E-state index in [2.05, 4.69) is 37.0 Å². The zero-order valence-corrected chi connectivity index (χ0v) is 16.3. The molecule has 0 aliphatic heterocycles. The van der Waals surface area contributed by atoms with E-state index in [1.807, 2.05) is 12.4 Å². The molecular weight excluding hydrogens is 318 g/mol. The van der Waals surface area contributed by atoms with Crippen LogP contribution in [0.4, 0.5) is 0 Å². The second-order valence-corrected chi connectivity index (χ2v) is 10.1. The van der Waals surface area contributed by atoms with Gasteiger partial charge in [0.05, 0.1) is 6.10 Å². The lowest BCUT2D eigenvalue weighted by molar-refractivity contribution is -0.148. The Morgan fingerprint density at radius 3 is 2.77 bits per heavy atom. The molecule has 3 fully saturated rings. The van der Waals surface area contributed by atoms with E-state index in [0.717, 1.165) is 12.3 Å². The van der Waals surface area contributed by atoms with E-state index in [0.29, 0.717) is 23.2 Å². The van der Waals surface area contributed by atoms with E-state index in [-0.39, 0.29) is 11.5 Å². The summed E-state index contributed by atoms with van der Waals surface area (Å²) < 4.78 is 0. The SMILES string of the molecule is C[C@]12CCCCC1C(O)CC1C2CC[C@]2(C)C(c3cccnc3)=CCC12. The molecule has 0 radical (unpaired) electrons. The maximum Gasteiger partial charge on any atom is 0.0576 e. The zero-order valence-electron chi connectivity index (χ0n) is 16.3. The summed E-state index contributed by atoms with van der Waals surface area (Å²) in [5, 5.41) is 11.1. The quantitative estimate of drug-likeness (QED) is 0.727. The highest BCUT2D eigenvalue weighted by Crippen LogP contribution is 2.67.